The van der Waals surface area contributed by atoms with Crippen molar-refractivity contribution in [3.8, 4) is 11.1 Å². The zero-order valence-corrected chi connectivity index (χ0v) is 19.1. The lowest BCUT2D eigenvalue weighted by Crippen LogP contribution is -2.42. The second-order valence-electron chi connectivity index (χ2n) is 8.96. The van der Waals surface area contributed by atoms with Crippen molar-refractivity contribution in [1.82, 2.24) is 4.90 Å². The number of likely N-dealkylation sites (tertiary alicyclic amines) is 1. The van der Waals surface area contributed by atoms with Gasteiger partial charge in [-0.15, -0.1) is 0 Å². The number of benzene rings is 3. The molecule has 1 aliphatic heterocycles. The number of amides is 2. The fraction of sp³-hybridized carbons (Fsp3) is 0.250. The highest BCUT2D eigenvalue weighted by Crippen LogP contribution is 2.44. The second-order valence-corrected chi connectivity index (χ2v) is 8.96. The van der Waals surface area contributed by atoms with Crippen molar-refractivity contribution in [3.05, 3.63) is 89.5 Å². The molecule has 2 N–H and O–H groups in total. The second kappa shape index (κ2) is 9.62. The Morgan fingerprint density at radius 2 is 1.63 bits per heavy atom. The van der Waals surface area contributed by atoms with Crippen molar-refractivity contribution in [2.75, 3.05) is 25.0 Å². The van der Waals surface area contributed by atoms with E-state index >= 15 is 0 Å². The number of carbonyl (C=O) groups excluding carboxylic acids is 2. The average molecular weight is 471 g/mol. The molecule has 0 radical (unpaired) electrons. The van der Waals surface area contributed by atoms with Crippen LogP contribution in [-0.2, 0) is 9.53 Å². The summed E-state index contributed by atoms with van der Waals surface area (Å²) in [6, 6.07) is 22.9. The van der Waals surface area contributed by atoms with Crippen LogP contribution in [0, 0.1) is 5.92 Å². The molecule has 178 valence electrons. The number of anilines is 1. The number of fused-ring (bicyclic) bond motifs is 3. The topological polar surface area (TPSA) is 95.9 Å². The lowest BCUT2D eigenvalue weighted by Gasteiger charge is -2.30. The van der Waals surface area contributed by atoms with Crippen LogP contribution in [0.2, 0.25) is 0 Å². The maximum atomic E-state index is 12.9. The number of nitrogens with zero attached hydrogens (tertiary/aromatic N) is 1. The molecular weight excluding hydrogens is 444 g/mol. The van der Waals surface area contributed by atoms with Crippen molar-refractivity contribution in [3.63, 3.8) is 0 Å². The smallest absolute Gasteiger partial charge is 0.411 e. The molecule has 35 heavy (non-hydrogen) atoms. The molecule has 0 spiro atoms. The normalized spacial score (nSPS) is 16.8. The highest BCUT2D eigenvalue weighted by molar-refractivity contribution is 5.96. The Kier molecular flexibility index (Phi) is 6.23. The molecule has 2 amide bonds. The van der Waals surface area contributed by atoms with E-state index in [9.17, 15) is 19.5 Å². The summed E-state index contributed by atoms with van der Waals surface area (Å²) in [6.45, 7) is 0.910. The molecule has 0 saturated carbocycles. The molecule has 2 aliphatic rings. The van der Waals surface area contributed by atoms with E-state index in [1.807, 2.05) is 24.3 Å². The van der Waals surface area contributed by atoms with Gasteiger partial charge in [0.2, 0.25) is 0 Å². The van der Waals surface area contributed by atoms with E-state index < -0.39 is 18.0 Å². The Hall–Kier alpha value is -4.13. The van der Waals surface area contributed by atoms with Crippen LogP contribution in [-0.4, -0.2) is 47.7 Å². The third kappa shape index (κ3) is 4.62. The number of carboxylic acids is 1. The number of rotatable bonds is 5. The van der Waals surface area contributed by atoms with Gasteiger partial charge in [0.1, 0.15) is 6.61 Å². The summed E-state index contributed by atoms with van der Waals surface area (Å²) in [5, 5.41) is 12.0. The van der Waals surface area contributed by atoms with Gasteiger partial charge in [0, 0.05) is 30.3 Å². The van der Waals surface area contributed by atoms with E-state index in [2.05, 4.69) is 29.6 Å². The summed E-state index contributed by atoms with van der Waals surface area (Å²) in [7, 11) is 0. The van der Waals surface area contributed by atoms with Crippen molar-refractivity contribution < 1.29 is 24.2 Å². The minimum atomic E-state index is -0.881. The first-order valence-electron chi connectivity index (χ1n) is 11.8. The van der Waals surface area contributed by atoms with Gasteiger partial charge in [-0.3, -0.25) is 14.9 Å². The standard InChI is InChI=1S/C28H26N2O5/c31-26(30-14-6-8-19(16-30)27(32)33)18-7-5-9-20(15-18)29-28(34)35-17-25-23-12-3-1-10-21(23)22-11-2-4-13-24(22)25/h1-5,7,9-13,15,19,25H,6,8,14,16-17H2,(H,29,34)(H,32,33)/t19-/m0/s1. The number of aliphatic carboxylic acids is 1. The summed E-state index contributed by atoms with van der Waals surface area (Å²) in [4.78, 5) is 38.4. The van der Waals surface area contributed by atoms with E-state index in [0.29, 0.717) is 30.6 Å². The minimum Gasteiger partial charge on any atom is -0.481 e. The highest BCUT2D eigenvalue weighted by Gasteiger charge is 2.30. The SMILES string of the molecule is O=C(Nc1cccc(C(=O)N2CCC[C@H](C(=O)O)C2)c1)OCC1c2ccccc2-c2ccccc21. The van der Waals surface area contributed by atoms with Crippen molar-refractivity contribution in [2.24, 2.45) is 5.92 Å². The summed E-state index contributed by atoms with van der Waals surface area (Å²) < 4.78 is 5.59. The van der Waals surface area contributed by atoms with E-state index in [-0.39, 0.29) is 25.0 Å². The number of carboxylic acid groups (broad SMARTS) is 1. The van der Waals surface area contributed by atoms with Gasteiger partial charge in [-0.2, -0.15) is 0 Å². The molecule has 1 aliphatic carbocycles. The van der Waals surface area contributed by atoms with Crippen molar-refractivity contribution >= 4 is 23.7 Å². The molecule has 0 bridgehead atoms. The predicted octanol–water partition coefficient (Wildman–Crippen LogP) is 4.98. The molecule has 0 aromatic heterocycles. The van der Waals surface area contributed by atoms with Crippen LogP contribution in [0.3, 0.4) is 0 Å². The summed E-state index contributed by atoms with van der Waals surface area (Å²) >= 11 is 0. The number of hydrogen-bond donors (Lipinski definition) is 2. The molecule has 1 saturated heterocycles. The number of ether oxygens (including phenoxy) is 1. The van der Waals surface area contributed by atoms with Gasteiger partial charge in [-0.25, -0.2) is 4.79 Å². The Morgan fingerprint density at radius 1 is 0.943 bits per heavy atom. The summed E-state index contributed by atoms with van der Waals surface area (Å²) in [5.74, 6) is -1.71. The first-order chi connectivity index (χ1) is 17.0. The number of hydrogen-bond acceptors (Lipinski definition) is 4. The number of carbonyl (C=O) groups is 3. The molecule has 3 aromatic rings. The first kappa shape index (κ1) is 22.7. The van der Waals surface area contributed by atoms with E-state index in [1.54, 1.807) is 29.2 Å². The molecule has 7 nitrogen and oxygen atoms in total. The molecule has 7 heteroatoms. The zero-order valence-electron chi connectivity index (χ0n) is 19.1. The minimum absolute atomic E-state index is 0.0395. The maximum absolute atomic E-state index is 12.9. The van der Waals surface area contributed by atoms with E-state index in [4.69, 9.17) is 4.74 Å². The van der Waals surface area contributed by atoms with Gasteiger partial charge in [0.15, 0.2) is 0 Å². The van der Waals surface area contributed by atoms with Crippen LogP contribution in [0.15, 0.2) is 72.8 Å². The molecule has 5 rings (SSSR count). The third-order valence-electron chi connectivity index (χ3n) is 6.76. The number of piperidine rings is 1. The van der Waals surface area contributed by atoms with Gasteiger partial charge < -0.3 is 14.7 Å². The summed E-state index contributed by atoms with van der Waals surface area (Å²) in [5.41, 5.74) is 5.43. The Balaban J connectivity index is 1.23. The zero-order chi connectivity index (χ0) is 24.4. The maximum Gasteiger partial charge on any atom is 0.411 e. The fourth-order valence-electron chi connectivity index (χ4n) is 5.03. The molecule has 0 unspecified atom stereocenters. The lowest BCUT2D eigenvalue weighted by molar-refractivity contribution is -0.143. The highest BCUT2D eigenvalue weighted by atomic mass is 16.5. The van der Waals surface area contributed by atoms with Gasteiger partial charge >= 0.3 is 12.1 Å². The van der Waals surface area contributed by atoms with Crippen LogP contribution in [0.5, 0.6) is 0 Å². The summed E-state index contributed by atoms with van der Waals surface area (Å²) in [6.07, 6.45) is 0.628. The van der Waals surface area contributed by atoms with Crippen LogP contribution in [0.25, 0.3) is 11.1 Å². The average Bonchev–Trinajstić information content (AvgIpc) is 3.21. The van der Waals surface area contributed by atoms with Crippen molar-refractivity contribution in [2.45, 2.75) is 18.8 Å². The predicted molar refractivity (Wildman–Crippen MR) is 131 cm³/mol. The van der Waals surface area contributed by atoms with Gasteiger partial charge in [-0.05, 0) is 53.3 Å². The van der Waals surface area contributed by atoms with Gasteiger partial charge in [0.05, 0.1) is 5.92 Å². The van der Waals surface area contributed by atoms with Crippen LogP contribution in [0.1, 0.15) is 40.2 Å². The number of nitrogens with one attached hydrogen (secondary N) is 1. The van der Waals surface area contributed by atoms with Gasteiger partial charge in [0.25, 0.3) is 5.91 Å². The Labute approximate surface area is 203 Å². The van der Waals surface area contributed by atoms with Crippen LogP contribution < -0.4 is 5.32 Å². The molecule has 1 heterocycles. The van der Waals surface area contributed by atoms with Crippen molar-refractivity contribution in [1.29, 1.82) is 0 Å². The third-order valence-corrected chi connectivity index (χ3v) is 6.76. The van der Waals surface area contributed by atoms with Crippen LogP contribution in [0.4, 0.5) is 10.5 Å². The molecule has 3 aromatic carbocycles. The Bertz CT molecular complexity index is 1240. The molecule has 1 fully saturated rings. The molecular formula is C28H26N2O5. The van der Waals surface area contributed by atoms with E-state index in [0.717, 1.165) is 22.3 Å². The largest absolute Gasteiger partial charge is 0.481 e. The van der Waals surface area contributed by atoms with E-state index in [1.165, 1.54) is 0 Å². The van der Waals surface area contributed by atoms with Gasteiger partial charge in [-0.1, -0.05) is 54.6 Å². The lowest BCUT2D eigenvalue weighted by atomic mass is 9.97. The first-order valence-corrected chi connectivity index (χ1v) is 11.8. The molecule has 1 atom stereocenters. The van der Waals surface area contributed by atoms with Crippen LogP contribution >= 0.6 is 0 Å². The quantitative estimate of drug-likeness (QED) is 0.548. The monoisotopic (exact) mass is 470 g/mol. The Morgan fingerprint density at radius 3 is 2.31 bits per heavy atom. The fourth-order valence-corrected chi connectivity index (χ4v) is 5.03.